The van der Waals surface area contributed by atoms with Crippen molar-refractivity contribution in [3.8, 4) is 11.4 Å². The summed E-state index contributed by atoms with van der Waals surface area (Å²) < 4.78 is 7.26. The highest BCUT2D eigenvalue weighted by atomic mass is 32.2. The van der Waals surface area contributed by atoms with Crippen LogP contribution < -0.4 is 10.1 Å². The first-order chi connectivity index (χ1) is 15.1. The van der Waals surface area contributed by atoms with E-state index in [0.29, 0.717) is 10.7 Å². The molecule has 0 atom stereocenters. The first-order valence-corrected chi connectivity index (χ1v) is 11.5. The monoisotopic (exact) mass is 450 g/mol. The molecule has 0 aliphatic heterocycles. The molecule has 0 spiro atoms. The van der Waals surface area contributed by atoms with E-state index in [9.17, 15) is 4.79 Å². The van der Waals surface area contributed by atoms with Gasteiger partial charge in [0.2, 0.25) is 0 Å². The number of ether oxygens (including phenoxy) is 1. The van der Waals surface area contributed by atoms with Crippen molar-refractivity contribution in [1.29, 1.82) is 0 Å². The van der Waals surface area contributed by atoms with E-state index < -0.39 is 0 Å². The summed E-state index contributed by atoms with van der Waals surface area (Å²) in [4.78, 5) is 14.3. The van der Waals surface area contributed by atoms with Crippen LogP contribution in [0.4, 0.5) is 0 Å². The van der Waals surface area contributed by atoms with E-state index in [4.69, 9.17) is 4.74 Å². The lowest BCUT2D eigenvalue weighted by Crippen LogP contribution is -2.23. The molecule has 6 nitrogen and oxygen atoms in total. The van der Waals surface area contributed by atoms with Crippen LogP contribution in [0.25, 0.3) is 5.69 Å². The van der Waals surface area contributed by atoms with Crippen LogP contribution in [0.15, 0.2) is 71.9 Å². The first kappa shape index (κ1) is 21.1. The molecule has 0 bridgehead atoms. The standard InChI is InChI=1S/C23H22N4O2S2/c1-16-8-13-20(31-16)22(28)24-14-21-25-26-23(30-15-17-6-4-3-5-7-17)27(21)18-9-11-19(29-2)12-10-18/h3-13H,14-15H2,1-2H3,(H,24,28). The second-order valence-electron chi connectivity index (χ2n) is 6.80. The van der Waals surface area contributed by atoms with Gasteiger partial charge in [0.25, 0.3) is 5.91 Å². The molecule has 0 unspecified atom stereocenters. The van der Waals surface area contributed by atoms with Crippen LogP contribution in [0.3, 0.4) is 0 Å². The van der Waals surface area contributed by atoms with Crippen molar-refractivity contribution in [2.24, 2.45) is 0 Å². The molecule has 2 aromatic carbocycles. The predicted molar refractivity (Wildman–Crippen MR) is 124 cm³/mol. The Morgan fingerprint density at radius 3 is 2.52 bits per heavy atom. The lowest BCUT2D eigenvalue weighted by molar-refractivity contribution is 0.0953. The Morgan fingerprint density at radius 2 is 1.84 bits per heavy atom. The number of aromatic nitrogens is 3. The molecule has 1 amide bonds. The summed E-state index contributed by atoms with van der Waals surface area (Å²) in [6.45, 7) is 2.26. The number of thioether (sulfide) groups is 1. The minimum Gasteiger partial charge on any atom is -0.497 e. The summed E-state index contributed by atoms with van der Waals surface area (Å²) in [6, 6.07) is 21.7. The van der Waals surface area contributed by atoms with Crippen molar-refractivity contribution in [2.45, 2.75) is 24.4 Å². The van der Waals surface area contributed by atoms with Crippen LogP contribution in [0, 0.1) is 6.92 Å². The highest BCUT2D eigenvalue weighted by Gasteiger charge is 2.16. The molecule has 4 rings (SSSR count). The van der Waals surface area contributed by atoms with Crippen molar-refractivity contribution >= 4 is 29.0 Å². The molecule has 8 heteroatoms. The molecular weight excluding hydrogens is 428 g/mol. The Labute approximate surface area is 189 Å². The number of rotatable bonds is 8. The van der Waals surface area contributed by atoms with Gasteiger partial charge in [-0.15, -0.1) is 21.5 Å². The third-order valence-corrected chi connectivity index (χ3v) is 6.61. The average Bonchev–Trinajstić information content (AvgIpc) is 3.43. The Bertz CT molecular complexity index is 1150. The molecule has 0 radical (unpaired) electrons. The number of carbonyl (C=O) groups is 1. The fourth-order valence-corrected chi connectivity index (χ4v) is 4.73. The number of carbonyl (C=O) groups excluding carboxylic acids is 1. The molecular formula is C23H22N4O2S2. The van der Waals surface area contributed by atoms with Gasteiger partial charge in [-0.25, -0.2) is 0 Å². The molecule has 0 aliphatic carbocycles. The predicted octanol–water partition coefficient (Wildman–Crippen LogP) is 4.87. The highest BCUT2D eigenvalue weighted by Crippen LogP contribution is 2.26. The number of nitrogens with zero attached hydrogens (tertiary/aromatic N) is 3. The Morgan fingerprint density at radius 1 is 1.06 bits per heavy atom. The van der Waals surface area contributed by atoms with Gasteiger partial charge in [-0.1, -0.05) is 42.1 Å². The Kier molecular flexibility index (Phi) is 6.69. The van der Waals surface area contributed by atoms with Gasteiger partial charge in [-0.3, -0.25) is 9.36 Å². The number of thiophene rings is 1. The number of nitrogens with one attached hydrogen (secondary N) is 1. The van der Waals surface area contributed by atoms with Crippen molar-refractivity contribution < 1.29 is 9.53 Å². The Balaban J connectivity index is 1.57. The zero-order valence-corrected chi connectivity index (χ0v) is 18.9. The van der Waals surface area contributed by atoms with E-state index in [2.05, 4.69) is 27.6 Å². The maximum atomic E-state index is 12.5. The number of benzene rings is 2. The smallest absolute Gasteiger partial charge is 0.261 e. The lowest BCUT2D eigenvalue weighted by Gasteiger charge is -2.11. The zero-order valence-electron chi connectivity index (χ0n) is 17.2. The van der Waals surface area contributed by atoms with Gasteiger partial charge in [-0.2, -0.15) is 0 Å². The van der Waals surface area contributed by atoms with Crippen LogP contribution in [0.2, 0.25) is 0 Å². The van der Waals surface area contributed by atoms with E-state index in [1.807, 2.05) is 66.1 Å². The van der Waals surface area contributed by atoms with Gasteiger partial charge >= 0.3 is 0 Å². The van der Waals surface area contributed by atoms with E-state index in [1.54, 1.807) is 18.9 Å². The minimum absolute atomic E-state index is 0.110. The number of hydrogen-bond donors (Lipinski definition) is 1. The maximum absolute atomic E-state index is 12.5. The van der Waals surface area contributed by atoms with Gasteiger partial charge in [-0.05, 0) is 48.9 Å². The first-order valence-electron chi connectivity index (χ1n) is 9.74. The van der Waals surface area contributed by atoms with Crippen LogP contribution in [0.5, 0.6) is 5.75 Å². The van der Waals surface area contributed by atoms with Crippen LogP contribution in [0.1, 0.15) is 25.9 Å². The number of aryl methyl sites for hydroxylation is 1. The van der Waals surface area contributed by atoms with Gasteiger partial charge < -0.3 is 10.1 Å². The minimum atomic E-state index is -0.110. The summed E-state index contributed by atoms with van der Waals surface area (Å²) in [5.41, 5.74) is 2.12. The van der Waals surface area contributed by atoms with Gasteiger partial charge in [0.05, 0.1) is 18.5 Å². The third-order valence-electron chi connectivity index (χ3n) is 4.61. The van der Waals surface area contributed by atoms with Crippen molar-refractivity contribution in [3.05, 3.63) is 87.9 Å². The Hall–Kier alpha value is -3.10. The molecule has 4 aromatic rings. The summed E-state index contributed by atoms with van der Waals surface area (Å²) in [5.74, 6) is 2.11. The second-order valence-corrected chi connectivity index (χ2v) is 9.03. The largest absolute Gasteiger partial charge is 0.497 e. The van der Waals surface area contributed by atoms with Crippen LogP contribution in [-0.4, -0.2) is 27.8 Å². The fraction of sp³-hybridized carbons (Fsp3) is 0.174. The highest BCUT2D eigenvalue weighted by molar-refractivity contribution is 7.98. The topological polar surface area (TPSA) is 69.0 Å². The van der Waals surface area contributed by atoms with E-state index >= 15 is 0 Å². The molecule has 2 heterocycles. The van der Waals surface area contributed by atoms with Gasteiger partial charge in [0.1, 0.15) is 5.75 Å². The van der Waals surface area contributed by atoms with E-state index in [0.717, 1.165) is 27.2 Å². The van der Waals surface area contributed by atoms with E-state index in [-0.39, 0.29) is 12.5 Å². The molecule has 31 heavy (non-hydrogen) atoms. The number of hydrogen-bond acceptors (Lipinski definition) is 6. The van der Waals surface area contributed by atoms with Crippen molar-refractivity contribution in [1.82, 2.24) is 20.1 Å². The average molecular weight is 451 g/mol. The summed E-state index contributed by atoms with van der Waals surface area (Å²) in [7, 11) is 1.64. The summed E-state index contributed by atoms with van der Waals surface area (Å²) in [6.07, 6.45) is 0. The maximum Gasteiger partial charge on any atom is 0.261 e. The van der Waals surface area contributed by atoms with Gasteiger partial charge in [0, 0.05) is 16.3 Å². The molecule has 0 saturated heterocycles. The quantitative estimate of drug-likeness (QED) is 0.388. The molecule has 0 aliphatic rings. The summed E-state index contributed by atoms with van der Waals surface area (Å²) >= 11 is 3.08. The van der Waals surface area contributed by atoms with E-state index in [1.165, 1.54) is 16.9 Å². The number of methoxy groups -OCH3 is 1. The molecule has 0 fully saturated rings. The normalized spacial score (nSPS) is 10.8. The van der Waals surface area contributed by atoms with Crippen LogP contribution >= 0.6 is 23.1 Å². The SMILES string of the molecule is COc1ccc(-n2c(CNC(=O)c3ccc(C)s3)nnc2SCc2ccccc2)cc1. The third kappa shape index (κ3) is 5.15. The van der Waals surface area contributed by atoms with Crippen molar-refractivity contribution in [3.63, 3.8) is 0 Å². The number of amides is 1. The molecule has 158 valence electrons. The second kappa shape index (κ2) is 9.80. The summed E-state index contributed by atoms with van der Waals surface area (Å²) in [5, 5.41) is 12.5. The van der Waals surface area contributed by atoms with Crippen LogP contribution in [-0.2, 0) is 12.3 Å². The molecule has 1 N–H and O–H groups in total. The molecule has 0 saturated carbocycles. The molecule has 2 aromatic heterocycles. The zero-order chi connectivity index (χ0) is 21.6. The van der Waals surface area contributed by atoms with Crippen molar-refractivity contribution in [2.75, 3.05) is 7.11 Å². The fourth-order valence-electron chi connectivity index (χ4n) is 3.02. The lowest BCUT2D eigenvalue weighted by atomic mass is 10.2. The van der Waals surface area contributed by atoms with Gasteiger partial charge in [0.15, 0.2) is 11.0 Å².